The molecule has 3 nitrogen and oxygen atoms in total. The molecule has 0 unspecified atom stereocenters. The largest absolute Gasteiger partial charge is 0.469 e. The fourth-order valence-electron chi connectivity index (χ4n) is 1.48. The summed E-state index contributed by atoms with van der Waals surface area (Å²) >= 11 is 0. The number of hydrogen-bond acceptors (Lipinski definition) is 3. The highest BCUT2D eigenvalue weighted by atomic mass is 16.5. The molecule has 0 aromatic heterocycles. The Morgan fingerprint density at radius 1 is 1.41 bits per heavy atom. The highest BCUT2D eigenvalue weighted by Gasteiger charge is 2.00. The molecule has 0 amide bonds. The number of nitrogens with one attached hydrogen (secondary N) is 1. The van der Waals surface area contributed by atoms with Crippen molar-refractivity contribution in [1.82, 2.24) is 0 Å². The van der Waals surface area contributed by atoms with Crippen LogP contribution in [0.2, 0.25) is 0 Å². The van der Waals surface area contributed by atoms with Crippen LogP contribution < -0.4 is 5.32 Å². The summed E-state index contributed by atoms with van der Waals surface area (Å²) in [5.74, 6) is 2.37. The fraction of sp³-hybridized carbons (Fsp3) is 0.357. The number of terminal acetylenes is 1. The third-order valence-corrected chi connectivity index (χ3v) is 2.42. The van der Waals surface area contributed by atoms with Gasteiger partial charge in [-0.25, -0.2) is 0 Å². The number of hydrogen-bond donors (Lipinski definition) is 1. The Hall–Kier alpha value is -1.95. The fourth-order valence-corrected chi connectivity index (χ4v) is 1.48. The summed E-state index contributed by atoms with van der Waals surface area (Å²) in [7, 11) is 1.41. The first-order valence-electron chi connectivity index (χ1n) is 5.59. The van der Waals surface area contributed by atoms with Gasteiger partial charge in [0.2, 0.25) is 0 Å². The third-order valence-electron chi connectivity index (χ3n) is 2.42. The molecule has 0 aliphatic rings. The standard InChI is InChI=1S/C14H17NO2/c1-3-11-15-13-9-7-12(8-10-13)5-4-6-14(16)17-2/h1,7-10,15H,4-6,11H2,2H3. The first kappa shape index (κ1) is 13.1. The second kappa shape index (κ2) is 7.34. The number of aryl methyl sites for hydroxylation is 1. The third kappa shape index (κ3) is 5.07. The predicted octanol–water partition coefficient (Wildman–Crippen LogP) is 2.23. The van der Waals surface area contributed by atoms with Crippen molar-refractivity contribution in [2.24, 2.45) is 0 Å². The van der Waals surface area contributed by atoms with Crippen LogP contribution in [0.1, 0.15) is 18.4 Å². The Kier molecular flexibility index (Phi) is 5.67. The van der Waals surface area contributed by atoms with Crippen LogP contribution in [0.5, 0.6) is 0 Å². The van der Waals surface area contributed by atoms with Crippen molar-refractivity contribution in [2.45, 2.75) is 19.3 Å². The van der Waals surface area contributed by atoms with Gasteiger partial charge in [-0.15, -0.1) is 6.42 Å². The molecule has 0 aliphatic heterocycles. The van der Waals surface area contributed by atoms with Gasteiger partial charge in [0.1, 0.15) is 0 Å². The van der Waals surface area contributed by atoms with Gasteiger partial charge in [-0.2, -0.15) is 0 Å². The minimum atomic E-state index is -0.155. The molecule has 1 N–H and O–H groups in total. The molecule has 0 radical (unpaired) electrons. The van der Waals surface area contributed by atoms with E-state index in [1.807, 2.05) is 24.3 Å². The molecular weight excluding hydrogens is 214 g/mol. The second-order valence-corrected chi connectivity index (χ2v) is 3.68. The van der Waals surface area contributed by atoms with Crippen LogP contribution in [0, 0.1) is 12.3 Å². The van der Waals surface area contributed by atoms with E-state index in [9.17, 15) is 4.79 Å². The van der Waals surface area contributed by atoms with Gasteiger partial charge in [0.05, 0.1) is 13.7 Å². The van der Waals surface area contributed by atoms with E-state index in [1.54, 1.807) is 0 Å². The number of ether oxygens (including phenoxy) is 1. The second-order valence-electron chi connectivity index (χ2n) is 3.68. The van der Waals surface area contributed by atoms with Crippen molar-refractivity contribution in [3.8, 4) is 12.3 Å². The molecule has 0 aliphatic carbocycles. The molecule has 0 atom stereocenters. The summed E-state index contributed by atoms with van der Waals surface area (Å²) in [6, 6.07) is 8.06. The van der Waals surface area contributed by atoms with Crippen LogP contribution in [0.4, 0.5) is 5.69 Å². The highest BCUT2D eigenvalue weighted by molar-refractivity contribution is 5.69. The van der Waals surface area contributed by atoms with Gasteiger partial charge in [0, 0.05) is 12.1 Å². The number of methoxy groups -OCH3 is 1. The summed E-state index contributed by atoms with van der Waals surface area (Å²) in [5.41, 5.74) is 2.22. The van der Waals surface area contributed by atoms with E-state index in [0.717, 1.165) is 18.5 Å². The van der Waals surface area contributed by atoms with E-state index >= 15 is 0 Å². The van der Waals surface area contributed by atoms with Crippen LogP contribution in [0.25, 0.3) is 0 Å². The molecule has 0 spiro atoms. The van der Waals surface area contributed by atoms with Gasteiger partial charge in [0.25, 0.3) is 0 Å². The van der Waals surface area contributed by atoms with Crippen molar-refractivity contribution >= 4 is 11.7 Å². The molecule has 0 heterocycles. The molecule has 3 heteroatoms. The molecule has 0 fully saturated rings. The number of benzene rings is 1. The van der Waals surface area contributed by atoms with E-state index < -0.39 is 0 Å². The lowest BCUT2D eigenvalue weighted by atomic mass is 10.1. The molecule has 0 bridgehead atoms. The monoisotopic (exact) mass is 231 g/mol. The van der Waals surface area contributed by atoms with Gasteiger partial charge in [-0.3, -0.25) is 4.79 Å². The van der Waals surface area contributed by atoms with Crippen LogP contribution in [-0.4, -0.2) is 19.6 Å². The SMILES string of the molecule is C#CCNc1ccc(CCCC(=O)OC)cc1. The van der Waals surface area contributed by atoms with E-state index in [2.05, 4.69) is 16.0 Å². The van der Waals surface area contributed by atoms with E-state index in [4.69, 9.17) is 6.42 Å². The first-order chi connectivity index (χ1) is 8.26. The van der Waals surface area contributed by atoms with Crippen molar-refractivity contribution in [3.05, 3.63) is 29.8 Å². The Morgan fingerprint density at radius 2 is 2.12 bits per heavy atom. The van der Waals surface area contributed by atoms with Crippen LogP contribution in [0.3, 0.4) is 0 Å². The number of rotatable bonds is 6. The lowest BCUT2D eigenvalue weighted by Crippen LogP contribution is -2.01. The van der Waals surface area contributed by atoms with E-state index in [1.165, 1.54) is 12.7 Å². The van der Waals surface area contributed by atoms with Crippen molar-refractivity contribution in [1.29, 1.82) is 0 Å². The number of esters is 1. The molecule has 90 valence electrons. The van der Waals surface area contributed by atoms with Crippen LogP contribution in [-0.2, 0) is 16.0 Å². The van der Waals surface area contributed by atoms with Gasteiger partial charge < -0.3 is 10.1 Å². The van der Waals surface area contributed by atoms with Crippen LogP contribution in [0.15, 0.2) is 24.3 Å². The summed E-state index contributed by atoms with van der Waals surface area (Å²) in [5, 5.41) is 3.09. The molecule has 1 rings (SSSR count). The van der Waals surface area contributed by atoms with Crippen LogP contribution >= 0.6 is 0 Å². The highest BCUT2D eigenvalue weighted by Crippen LogP contribution is 2.11. The smallest absolute Gasteiger partial charge is 0.305 e. The Balaban J connectivity index is 2.35. The number of carbonyl (C=O) groups excluding carboxylic acids is 1. The average molecular weight is 231 g/mol. The summed E-state index contributed by atoms with van der Waals surface area (Å²) in [6.45, 7) is 0.529. The van der Waals surface area contributed by atoms with Gasteiger partial charge >= 0.3 is 5.97 Å². The minimum absolute atomic E-state index is 0.155. The average Bonchev–Trinajstić information content (AvgIpc) is 2.37. The number of anilines is 1. The zero-order valence-corrected chi connectivity index (χ0v) is 10.0. The topological polar surface area (TPSA) is 38.3 Å². The molecule has 1 aromatic carbocycles. The van der Waals surface area contributed by atoms with Gasteiger partial charge in [-0.05, 0) is 30.5 Å². The summed E-state index contributed by atoms with van der Waals surface area (Å²) in [4.78, 5) is 10.9. The zero-order chi connectivity index (χ0) is 12.5. The van der Waals surface area contributed by atoms with E-state index in [0.29, 0.717) is 13.0 Å². The normalized spacial score (nSPS) is 9.41. The summed E-state index contributed by atoms with van der Waals surface area (Å²) in [6.07, 6.45) is 7.31. The maximum atomic E-state index is 10.9. The molecular formula is C14H17NO2. The Labute approximate surface area is 102 Å². The van der Waals surface area contributed by atoms with Crippen molar-refractivity contribution < 1.29 is 9.53 Å². The first-order valence-corrected chi connectivity index (χ1v) is 5.59. The Morgan fingerprint density at radius 3 is 2.71 bits per heavy atom. The lowest BCUT2D eigenvalue weighted by Gasteiger charge is -2.04. The quantitative estimate of drug-likeness (QED) is 0.602. The van der Waals surface area contributed by atoms with E-state index in [-0.39, 0.29) is 5.97 Å². The van der Waals surface area contributed by atoms with Crippen molar-refractivity contribution in [2.75, 3.05) is 19.0 Å². The molecule has 17 heavy (non-hydrogen) atoms. The van der Waals surface area contributed by atoms with Gasteiger partial charge in [-0.1, -0.05) is 18.1 Å². The lowest BCUT2D eigenvalue weighted by molar-refractivity contribution is -0.140. The zero-order valence-electron chi connectivity index (χ0n) is 10.0. The molecule has 0 saturated carbocycles. The van der Waals surface area contributed by atoms with Crippen molar-refractivity contribution in [3.63, 3.8) is 0 Å². The minimum Gasteiger partial charge on any atom is -0.469 e. The molecule has 0 saturated heterocycles. The maximum Gasteiger partial charge on any atom is 0.305 e. The van der Waals surface area contributed by atoms with Gasteiger partial charge in [0.15, 0.2) is 0 Å². The summed E-state index contributed by atoms with van der Waals surface area (Å²) < 4.78 is 4.58. The molecule has 1 aromatic rings. The predicted molar refractivity (Wildman–Crippen MR) is 68.7 cm³/mol. The maximum absolute atomic E-state index is 10.9. The number of carbonyl (C=O) groups is 1. The Bertz CT molecular complexity index is 390.